The highest BCUT2D eigenvalue weighted by Crippen LogP contribution is 2.27. The highest BCUT2D eigenvalue weighted by atomic mass is 79.9. The van der Waals surface area contributed by atoms with Crippen LogP contribution in [0.5, 0.6) is 0 Å². The number of ether oxygens (including phenoxy) is 1. The Morgan fingerprint density at radius 3 is 2.93 bits per heavy atom. The predicted octanol–water partition coefficient (Wildman–Crippen LogP) is 2.54. The molecule has 0 amide bonds. The van der Waals surface area contributed by atoms with Gasteiger partial charge in [0.2, 0.25) is 0 Å². The standard InChI is InChI=1S/C11H15BrN2O/c1-7-4-8(12)5-10(11(7)13)14-6-9-2-3-15-9/h4-5,9,14H,2-3,6,13H2,1H3/t9-/m0/s1. The molecule has 1 aliphatic rings. The van der Waals surface area contributed by atoms with Crippen LogP contribution in [0.3, 0.4) is 0 Å². The van der Waals surface area contributed by atoms with Gasteiger partial charge < -0.3 is 15.8 Å². The van der Waals surface area contributed by atoms with Gasteiger partial charge in [0.15, 0.2) is 0 Å². The molecule has 0 saturated carbocycles. The lowest BCUT2D eigenvalue weighted by Crippen LogP contribution is -2.33. The fourth-order valence-electron chi connectivity index (χ4n) is 1.57. The van der Waals surface area contributed by atoms with E-state index < -0.39 is 0 Å². The van der Waals surface area contributed by atoms with Crippen LogP contribution in [0, 0.1) is 6.92 Å². The molecule has 1 aromatic rings. The molecule has 0 radical (unpaired) electrons. The minimum atomic E-state index is 0.351. The molecule has 1 heterocycles. The monoisotopic (exact) mass is 270 g/mol. The molecule has 0 aromatic heterocycles. The van der Waals surface area contributed by atoms with Crippen molar-refractivity contribution in [1.82, 2.24) is 0 Å². The van der Waals surface area contributed by atoms with E-state index in [0.717, 1.165) is 41.0 Å². The van der Waals surface area contributed by atoms with E-state index in [0.29, 0.717) is 6.10 Å². The van der Waals surface area contributed by atoms with Crippen molar-refractivity contribution in [3.8, 4) is 0 Å². The lowest BCUT2D eigenvalue weighted by Gasteiger charge is -2.27. The van der Waals surface area contributed by atoms with Gasteiger partial charge in [0.25, 0.3) is 0 Å². The van der Waals surface area contributed by atoms with Crippen molar-refractivity contribution in [2.75, 3.05) is 24.2 Å². The number of rotatable bonds is 3. The summed E-state index contributed by atoms with van der Waals surface area (Å²) < 4.78 is 6.39. The Morgan fingerprint density at radius 1 is 1.60 bits per heavy atom. The van der Waals surface area contributed by atoms with Gasteiger partial charge in [-0.15, -0.1) is 0 Å². The van der Waals surface area contributed by atoms with Crippen LogP contribution in [0.4, 0.5) is 11.4 Å². The minimum absolute atomic E-state index is 0.351. The summed E-state index contributed by atoms with van der Waals surface area (Å²) in [5.74, 6) is 0. The van der Waals surface area contributed by atoms with Gasteiger partial charge in [0.05, 0.1) is 17.5 Å². The summed E-state index contributed by atoms with van der Waals surface area (Å²) in [5.41, 5.74) is 8.86. The average molecular weight is 271 g/mol. The van der Waals surface area contributed by atoms with E-state index in [1.807, 2.05) is 19.1 Å². The molecule has 1 atom stereocenters. The first-order chi connectivity index (χ1) is 7.16. The maximum atomic E-state index is 5.97. The Bertz CT molecular complexity index is 364. The third kappa shape index (κ3) is 2.44. The molecule has 0 aliphatic carbocycles. The van der Waals surface area contributed by atoms with E-state index >= 15 is 0 Å². The first-order valence-electron chi connectivity index (χ1n) is 5.08. The van der Waals surface area contributed by atoms with Crippen LogP contribution in [0.2, 0.25) is 0 Å². The van der Waals surface area contributed by atoms with Crippen molar-refractivity contribution in [1.29, 1.82) is 0 Å². The van der Waals surface area contributed by atoms with Crippen molar-refractivity contribution < 1.29 is 4.74 Å². The second-order valence-corrected chi connectivity index (χ2v) is 4.76. The molecule has 0 bridgehead atoms. The molecule has 1 aromatic carbocycles. The molecular weight excluding hydrogens is 256 g/mol. The molecule has 1 saturated heterocycles. The van der Waals surface area contributed by atoms with Crippen LogP contribution in [0.1, 0.15) is 12.0 Å². The van der Waals surface area contributed by atoms with Crippen molar-refractivity contribution in [2.45, 2.75) is 19.4 Å². The molecule has 3 nitrogen and oxygen atoms in total. The van der Waals surface area contributed by atoms with Crippen LogP contribution in [0.15, 0.2) is 16.6 Å². The van der Waals surface area contributed by atoms with E-state index in [-0.39, 0.29) is 0 Å². The summed E-state index contributed by atoms with van der Waals surface area (Å²) in [7, 11) is 0. The zero-order valence-electron chi connectivity index (χ0n) is 8.72. The lowest BCUT2D eigenvalue weighted by molar-refractivity contribution is -0.0410. The van der Waals surface area contributed by atoms with Crippen molar-refractivity contribution >= 4 is 27.3 Å². The van der Waals surface area contributed by atoms with Gasteiger partial charge in [-0.05, 0) is 31.0 Å². The second kappa shape index (κ2) is 4.41. The molecule has 0 spiro atoms. The average Bonchev–Trinajstić information content (AvgIpc) is 2.10. The minimum Gasteiger partial charge on any atom is -0.397 e. The summed E-state index contributed by atoms with van der Waals surface area (Å²) in [6, 6.07) is 4.02. The number of benzene rings is 1. The van der Waals surface area contributed by atoms with E-state index in [4.69, 9.17) is 10.5 Å². The Morgan fingerprint density at radius 2 is 2.33 bits per heavy atom. The summed E-state index contributed by atoms with van der Waals surface area (Å²) >= 11 is 3.46. The molecule has 82 valence electrons. The molecule has 4 heteroatoms. The fourth-order valence-corrected chi connectivity index (χ4v) is 2.14. The molecule has 3 N–H and O–H groups in total. The van der Waals surface area contributed by atoms with Crippen LogP contribution in [0.25, 0.3) is 0 Å². The number of nitrogens with one attached hydrogen (secondary N) is 1. The Kier molecular flexibility index (Phi) is 3.17. The molecule has 2 rings (SSSR count). The molecular formula is C11H15BrN2O. The SMILES string of the molecule is Cc1cc(Br)cc(NC[C@@H]2CCO2)c1N. The molecule has 1 aliphatic heterocycles. The molecule has 1 fully saturated rings. The summed E-state index contributed by atoms with van der Waals surface area (Å²) in [5, 5.41) is 3.32. The highest BCUT2D eigenvalue weighted by molar-refractivity contribution is 9.10. The van der Waals surface area contributed by atoms with E-state index in [2.05, 4.69) is 21.2 Å². The van der Waals surface area contributed by atoms with Crippen LogP contribution < -0.4 is 11.1 Å². The maximum absolute atomic E-state index is 5.97. The van der Waals surface area contributed by atoms with Crippen LogP contribution in [-0.4, -0.2) is 19.3 Å². The third-order valence-corrected chi connectivity index (χ3v) is 3.12. The number of hydrogen-bond donors (Lipinski definition) is 2. The number of aryl methyl sites for hydroxylation is 1. The molecule has 15 heavy (non-hydrogen) atoms. The number of anilines is 2. The highest BCUT2D eigenvalue weighted by Gasteiger charge is 2.17. The van der Waals surface area contributed by atoms with E-state index in [9.17, 15) is 0 Å². The van der Waals surface area contributed by atoms with Gasteiger partial charge in [0.1, 0.15) is 0 Å². The zero-order valence-corrected chi connectivity index (χ0v) is 10.3. The quantitative estimate of drug-likeness (QED) is 0.830. The Balaban J connectivity index is 2.05. The first kappa shape index (κ1) is 10.8. The smallest absolute Gasteiger partial charge is 0.0769 e. The van der Waals surface area contributed by atoms with Gasteiger partial charge >= 0.3 is 0 Å². The van der Waals surface area contributed by atoms with Gasteiger partial charge in [-0.2, -0.15) is 0 Å². The number of nitrogens with two attached hydrogens (primary N) is 1. The van der Waals surface area contributed by atoms with Gasteiger partial charge in [-0.3, -0.25) is 0 Å². The summed E-state index contributed by atoms with van der Waals surface area (Å²) in [6.45, 7) is 3.73. The fraction of sp³-hybridized carbons (Fsp3) is 0.455. The van der Waals surface area contributed by atoms with Crippen LogP contribution in [-0.2, 0) is 4.74 Å². The summed E-state index contributed by atoms with van der Waals surface area (Å²) in [4.78, 5) is 0. The number of hydrogen-bond acceptors (Lipinski definition) is 3. The largest absolute Gasteiger partial charge is 0.397 e. The predicted molar refractivity (Wildman–Crippen MR) is 66.1 cm³/mol. The van der Waals surface area contributed by atoms with Gasteiger partial charge in [-0.25, -0.2) is 0 Å². The van der Waals surface area contributed by atoms with Gasteiger partial charge in [-0.1, -0.05) is 15.9 Å². The lowest BCUT2D eigenvalue weighted by atomic mass is 10.1. The number of halogens is 1. The van der Waals surface area contributed by atoms with E-state index in [1.54, 1.807) is 0 Å². The van der Waals surface area contributed by atoms with Crippen molar-refractivity contribution in [3.05, 3.63) is 22.2 Å². The Labute approximate surface area is 98.1 Å². The normalized spacial score (nSPS) is 19.7. The van der Waals surface area contributed by atoms with Crippen molar-refractivity contribution in [2.24, 2.45) is 0 Å². The number of nitrogen functional groups attached to an aromatic ring is 1. The third-order valence-electron chi connectivity index (χ3n) is 2.67. The first-order valence-corrected chi connectivity index (χ1v) is 5.87. The Hall–Kier alpha value is -0.740. The maximum Gasteiger partial charge on any atom is 0.0769 e. The molecule has 0 unspecified atom stereocenters. The van der Waals surface area contributed by atoms with Crippen LogP contribution >= 0.6 is 15.9 Å². The second-order valence-electron chi connectivity index (χ2n) is 3.85. The topological polar surface area (TPSA) is 47.3 Å². The van der Waals surface area contributed by atoms with E-state index in [1.165, 1.54) is 0 Å². The van der Waals surface area contributed by atoms with Crippen molar-refractivity contribution in [3.63, 3.8) is 0 Å². The zero-order chi connectivity index (χ0) is 10.8. The van der Waals surface area contributed by atoms with Gasteiger partial charge in [0, 0.05) is 17.6 Å². The summed E-state index contributed by atoms with van der Waals surface area (Å²) in [6.07, 6.45) is 1.49.